The molecule has 1 unspecified atom stereocenters. The van der Waals surface area contributed by atoms with Crippen molar-refractivity contribution in [2.45, 2.75) is 31.7 Å². The predicted octanol–water partition coefficient (Wildman–Crippen LogP) is 0.233. The molecule has 0 amide bonds. The molecule has 2 aliphatic heterocycles. The first-order chi connectivity index (χ1) is 8.34. The van der Waals surface area contributed by atoms with E-state index in [4.69, 9.17) is 0 Å². The number of fused-ring (bicyclic) bond motifs is 1. The van der Waals surface area contributed by atoms with Crippen molar-refractivity contribution in [3.63, 3.8) is 0 Å². The van der Waals surface area contributed by atoms with Crippen molar-refractivity contribution in [3.8, 4) is 0 Å². The highest BCUT2D eigenvalue weighted by Crippen LogP contribution is 2.23. The first-order valence-electron chi connectivity index (χ1n) is 6.66. The maximum atomic E-state index is 4.44. The lowest BCUT2D eigenvalue weighted by atomic mass is 9.99. The quantitative estimate of drug-likeness (QED) is 0.757. The summed E-state index contributed by atoms with van der Waals surface area (Å²) in [4.78, 5) is 2.37. The summed E-state index contributed by atoms with van der Waals surface area (Å²) in [7, 11) is 2.18. The number of aromatic nitrogens is 3. The zero-order valence-corrected chi connectivity index (χ0v) is 10.5. The van der Waals surface area contributed by atoms with Crippen LogP contribution in [-0.4, -0.2) is 52.9 Å². The topological polar surface area (TPSA) is 46.0 Å². The van der Waals surface area contributed by atoms with E-state index >= 15 is 0 Å². The fourth-order valence-electron chi connectivity index (χ4n) is 2.83. The maximum Gasteiger partial charge on any atom is 0.137 e. The molecule has 5 heteroatoms. The second-order valence-electron chi connectivity index (χ2n) is 5.22. The van der Waals surface area contributed by atoms with Crippen LogP contribution in [0.4, 0.5) is 0 Å². The molecule has 1 atom stereocenters. The number of nitrogens with zero attached hydrogens (tertiary/aromatic N) is 4. The summed E-state index contributed by atoms with van der Waals surface area (Å²) in [6.45, 7) is 5.47. The Hall–Kier alpha value is -0.940. The largest absolute Gasteiger partial charge is 0.316 e. The second-order valence-corrected chi connectivity index (χ2v) is 5.22. The Balaban J connectivity index is 1.83. The zero-order valence-electron chi connectivity index (χ0n) is 10.5. The number of hydrogen-bond acceptors (Lipinski definition) is 4. The van der Waals surface area contributed by atoms with Crippen molar-refractivity contribution < 1.29 is 0 Å². The van der Waals surface area contributed by atoms with Crippen LogP contribution in [0.1, 0.15) is 30.4 Å². The van der Waals surface area contributed by atoms with Gasteiger partial charge in [-0.1, -0.05) is 0 Å². The third-order valence-corrected chi connectivity index (χ3v) is 3.94. The van der Waals surface area contributed by atoms with Crippen molar-refractivity contribution in [1.29, 1.82) is 0 Å². The third-order valence-electron chi connectivity index (χ3n) is 3.94. The van der Waals surface area contributed by atoms with Gasteiger partial charge in [0.05, 0.1) is 0 Å². The normalized spacial score (nSPS) is 26.5. The number of nitrogens with one attached hydrogen (secondary N) is 1. The number of piperidine rings is 1. The van der Waals surface area contributed by atoms with E-state index in [0.29, 0.717) is 5.92 Å². The molecule has 1 aromatic rings. The van der Waals surface area contributed by atoms with Gasteiger partial charge in [0.1, 0.15) is 11.6 Å². The van der Waals surface area contributed by atoms with Crippen LogP contribution in [0.15, 0.2) is 0 Å². The lowest BCUT2D eigenvalue weighted by Gasteiger charge is -2.22. The van der Waals surface area contributed by atoms with Gasteiger partial charge in [0.25, 0.3) is 0 Å². The lowest BCUT2D eigenvalue weighted by molar-refractivity contribution is 0.336. The highest BCUT2D eigenvalue weighted by Gasteiger charge is 2.24. The van der Waals surface area contributed by atoms with E-state index in [1.165, 1.54) is 24.5 Å². The molecule has 0 spiro atoms. The van der Waals surface area contributed by atoms with Gasteiger partial charge in [-0.2, -0.15) is 0 Å². The summed E-state index contributed by atoms with van der Waals surface area (Å²) >= 11 is 0. The van der Waals surface area contributed by atoms with Gasteiger partial charge in [-0.25, -0.2) is 0 Å². The minimum absolute atomic E-state index is 0.563. The summed E-state index contributed by atoms with van der Waals surface area (Å²) in [5.41, 5.74) is 0. The number of hydrogen-bond donors (Lipinski definition) is 1. The molecule has 0 radical (unpaired) electrons. The molecule has 0 bridgehead atoms. The molecular formula is C12H21N5. The summed E-state index contributed by atoms with van der Waals surface area (Å²) in [5.74, 6) is 2.95. The fraction of sp³-hybridized carbons (Fsp3) is 0.833. The number of likely N-dealkylation sites (N-methyl/N-ethyl adjacent to an activating group) is 1. The van der Waals surface area contributed by atoms with Crippen molar-refractivity contribution in [2.24, 2.45) is 0 Å². The molecule has 0 saturated carbocycles. The molecule has 2 aliphatic rings. The van der Waals surface area contributed by atoms with Gasteiger partial charge in [-0.3, -0.25) is 0 Å². The third kappa shape index (κ3) is 2.21. The van der Waals surface area contributed by atoms with Gasteiger partial charge in [-0.05, 0) is 26.4 Å². The smallest absolute Gasteiger partial charge is 0.137 e. The van der Waals surface area contributed by atoms with Gasteiger partial charge in [0.15, 0.2) is 0 Å². The Bertz CT molecular complexity index is 380. The monoisotopic (exact) mass is 235 g/mol. The van der Waals surface area contributed by atoms with Crippen LogP contribution in [0.5, 0.6) is 0 Å². The van der Waals surface area contributed by atoms with Crippen LogP contribution in [0, 0.1) is 0 Å². The SMILES string of the molecule is CN1CCc2nnc(C3CCCNC3)n2CC1. The second kappa shape index (κ2) is 4.74. The van der Waals surface area contributed by atoms with E-state index in [0.717, 1.165) is 39.1 Å². The molecule has 1 saturated heterocycles. The first-order valence-corrected chi connectivity index (χ1v) is 6.66. The minimum Gasteiger partial charge on any atom is -0.316 e. The van der Waals surface area contributed by atoms with E-state index in [1.807, 2.05) is 0 Å². The summed E-state index contributed by atoms with van der Waals surface area (Å²) < 4.78 is 2.36. The summed E-state index contributed by atoms with van der Waals surface area (Å²) in [6, 6.07) is 0. The van der Waals surface area contributed by atoms with Crippen molar-refractivity contribution in [1.82, 2.24) is 25.0 Å². The molecule has 0 aliphatic carbocycles. The van der Waals surface area contributed by atoms with Gasteiger partial charge >= 0.3 is 0 Å². The molecule has 17 heavy (non-hydrogen) atoms. The lowest BCUT2D eigenvalue weighted by Crippen LogP contribution is -2.30. The van der Waals surface area contributed by atoms with Crippen LogP contribution < -0.4 is 5.32 Å². The van der Waals surface area contributed by atoms with Crippen molar-refractivity contribution in [3.05, 3.63) is 11.6 Å². The Morgan fingerprint density at radius 2 is 2.18 bits per heavy atom. The molecule has 94 valence electrons. The van der Waals surface area contributed by atoms with Gasteiger partial charge in [0, 0.05) is 38.5 Å². The van der Waals surface area contributed by atoms with Crippen LogP contribution >= 0.6 is 0 Å². The molecule has 3 rings (SSSR count). The molecule has 1 fully saturated rings. The Morgan fingerprint density at radius 1 is 1.24 bits per heavy atom. The maximum absolute atomic E-state index is 4.44. The van der Waals surface area contributed by atoms with Crippen LogP contribution in [0.3, 0.4) is 0 Å². The predicted molar refractivity (Wildman–Crippen MR) is 66.1 cm³/mol. The Morgan fingerprint density at radius 3 is 3.00 bits per heavy atom. The van der Waals surface area contributed by atoms with E-state index in [-0.39, 0.29) is 0 Å². The molecule has 5 nitrogen and oxygen atoms in total. The highest BCUT2D eigenvalue weighted by atomic mass is 15.3. The van der Waals surface area contributed by atoms with Crippen molar-refractivity contribution >= 4 is 0 Å². The average Bonchev–Trinajstić information content (AvgIpc) is 2.69. The zero-order chi connectivity index (χ0) is 11.7. The van der Waals surface area contributed by atoms with E-state index in [9.17, 15) is 0 Å². The molecule has 1 aromatic heterocycles. The van der Waals surface area contributed by atoms with Crippen LogP contribution in [0.25, 0.3) is 0 Å². The fourth-order valence-corrected chi connectivity index (χ4v) is 2.83. The first kappa shape index (κ1) is 11.2. The number of rotatable bonds is 1. The van der Waals surface area contributed by atoms with Crippen LogP contribution in [0.2, 0.25) is 0 Å². The Kier molecular flexibility index (Phi) is 3.11. The molecule has 0 aromatic carbocycles. The van der Waals surface area contributed by atoms with Gasteiger partial charge in [-0.15, -0.1) is 10.2 Å². The summed E-state index contributed by atoms with van der Waals surface area (Å²) in [5, 5.41) is 12.3. The summed E-state index contributed by atoms with van der Waals surface area (Å²) in [6.07, 6.45) is 3.54. The Labute approximate surface area is 102 Å². The van der Waals surface area contributed by atoms with E-state index in [2.05, 4.69) is 32.0 Å². The van der Waals surface area contributed by atoms with Gasteiger partial charge in [0.2, 0.25) is 0 Å². The van der Waals surface area contributed by atoms with Gasteiger partial charge < -0.3 is 14.8 Å². The van der Waals surface area contributed by atoms with E-state index < -0.39 is 0 Å². The van der Waals surface area contributed by atoms with E-state index in [1.54, 1.807) is 0 Å². The minimum atomic E-state index is 0.563. The van der Waals surface area contributed by atoms with Crippen LogP contribution in [-0.2, 0) is 13.0 Å². The molecule has 1 N–H and O–H groups in total. The van der Waals surface area contributed by atoms with Crippen molar-refractivity contribution in [2.75, 3.05) is 33.2 Å². The highest BCUT2D eigenvalue weighted by molar-refractivity contribution is 5.05. The standard InChI is InChI=1S/C12H21N5/c1-16-6-4-11-14-15-12(17(11)8-7-16)10-3-2-5-13-9-10/h10,13H,2-9H2,1H3. The average molecular weight is 235 g/mol. The molecular weight excluding hydrogens is 214 g/mol. The molecule has 3 heterocycles.